The number of aromatic nitrogens is 1. The molecule has 3 rings (SSSR count). The molecule has 0 unspecified atom stereocenters. The molecule has 128 valence electrons. The number of halogens is 3. The monoisotopic (exact) mass is 362 g/mol. The molecule has 4 nitrogen and oxygen atoms in total. The standard InChI is InChI=1S/C18H13ClF2N2O2/c19-16-9-14(13-6-1-2-7-15(13)23-16)17(24)22-10-11-4-3-5-12(8-11)25-18(20)21/h1-9,18H,10H2,(H,22,24). The molecule has 1 heterocycles. The quantitative estimate of drug-likeness (QED) is 0.683. The van der Waals surface area contributed by atoms with Gasteiger partial charge in [0.25, 0.3) is 5.91 Å². The number of carbonyl (C=O) groups is 1. The largest absolute Gasteiger partial charge is 0.435 e. The van der Waals surface area contributed by atoms with Crippen LogP contribution in [0.2, 0.25) is 5.15 Å². The third kappa shape index (κ3) is 4.22. The first-order valence-electron chi connectivity index (χ1n) is 7.40. The molecule has 7 heteroatoms. The van der Waals surface area contributed by atoms with Crippen molar-refractivity contribution in [3.05, 3.63) is 70.9 Å². The second kappa shape index (κ2) is 7.44. The van der Waals surface area contributed by atoms with Crippen molar-refractivity contribution in [2.45, 2.75) is 13.2 Å². The van der Waals surface area contributed by atoms with Gasteiger partial charge >= 0.3 is 6.61 Å². The highest BCUT2D eigenvalue weighted by molar-refractivity contribution is 6.30. The Morgan fingerprint density at radius 1 is 1.16 bits per heavy atom. The summed E-state index contributed by atoms with van der Waals surface area (Å²) in [5, 5.41) is 3.65. The van der Waals surface area contributed by atoms with E-state index < -0.39 is 6.61 Å². The Hall–Kier alpha value is -2.73. The van der Waals surface area contributed by atoms with Crippen LogP contribution in [-0.2, 0) is 6.54 Å². The van der Waals surface area contributed by atoms with Gasteiger partial charge in [0.15, 0.2) is 0 Å². The van der Waals surface area contributed by atoms with Crippen LogP contribution in [0.3, 0.4) is 0 Å². The summed E-state index contributed by atoms with van der Waals surface area (Å²) in [4.78, 5) is 16.7. The van der Waals surface area contributed by atoms with Crippen LogP contribution in [-0.4, -0.2) is 17.5 Å². The van der Waals surface area contributed by atoms with E-state index in [9.17, 15) is 13.6 Å². The number of alkyl halides is 2. The van der Waals surface area contributed by atoms with Crippen LogP contribution < -0.4 is 10.1 Å². The van der Waals surface area contributed by atoms with Crippen molar-refractivity contribution in [2.24, 2.45) is 0 Å². The molecule has 0 fully saturated rings. The van der Waals surface area contributed by atoms with Gasteiger partial charge in [0.1, 0.15) is 10.9 Å². The zero-order valence-corrected chi connectivity index (χ0v) is 13.6. The summed E-state index contributed by atoms with van der Waals surface area (Å²) in [6, 6.07) is 14.8. The molecule has 2 aromatic carbocycles. The molecule has 1 amide bonds. The summed E-state index contributed by atoms with van der Waals surface area (Å²) >= 11 is 5.98. The van der Waals surface area contributed by atoms with Gasteiger partial charge in [0.2, 0.25) is 0 Å². The fraction of sp³-hybridized carbons (Fsp3) is 0.111. The average Bonchev–Trinajstić information content (AvgIpc) is 2.58. The van der Waals surface area contributed by atoms with E-state index in [0.717, 1.165) is 0 Å². The molecular formula is C18H13ClF2N2O2. The van der Waals surface area contributed by atoms with E-state index >= 15 is 0 Å². The Kier molecular flexibility index (Phi) is 5.09. The minimum atomic E-state index is -2.89. The fourth-order valence-electron chi connectivity index (χ4n) is 2.44. The van der Waals surface area contributed by atoms with E-state index in [1.807, 2.05) is 6.07 Å². The summed E-state index contributed by atoms with van der Waals surface area (Å²) in [6.07, 6.45) is 0. The third-order valence-electron chi connectivity index (χ3n) is 3.51. The number of pyridine rings is 1. The maximum Gasteiger partial charge on any atom is 0.387 e. The van der Waals surface area contributed by atoms with Gasteiger partial charge in [-0.15, -0.1) is 0 Å². The summed E-state index contributed by atoms with van der Waals surface area (Å²) in [5.41, 5.74) is 1.65. The number of hydrogen-bond acceptors (Lipinski definition) is 3. The Balaban J connectivity index is 1.77. The van der Waals surface area contributed by atoms with Crippen molar-refractivity contribution < 1.29 is 18.3 Å². The number of carbonyl (C=O) groups excluding carboxylic acids is 1. The normalized spacial score (nSPS) is 10.9. The Morgan fingerprint density at radius 3 is 2.76 bits per heavy atom. The molecule has 0 saturated carbocycles. The van der Waals surface area contributed by atoms with Crippen LogP contribution in [0, 0.1) is 0 Å². The number of amides is 1. The van der Waals surface area contributed by atoms with Crippen molar-refractivity contribution in [2.75, 3.05) is 0 Å². The zero-order valence-electron chi connectivity index (χ0n) is 12.9. The predicted octanol–water partition coefficient (Wildman–Crippen LogP) is 4.42. The average molecular weight is 363 g/mol. The Morgan fingerprint density at radius 2 is 1.96 bits per heavy atom. The first-order valence-corrected chi connectivity index (χ1v) is 7.78. The van der Waals surface area contributed by atoms with Crippen molar-refractivity contribution >= 4 is 28.4 Å². The second-order valence-electron chi connectivity index (χ2n) is 5.22. The highest BCUT2D eigenvalue weighted by Gasteiger charge is 2.12. The summed E-state index contributed by atoms with van der Waals surface area (Å²) in [6.45, 7) is -2.73. The predicted molar refractivity (Wildman–Crippen MR) is 91.0 cm³/mol. The lowest BCUT2D eigenvalue weighted by Gasteiger charge is -2.10. The minimum Gasteiger partial charge on any atom is -0.435 e. The van der Waals surface area contributed by atoms with Crippen molar-refractivity contribution in [3.63, 3.8) is 0 Å². The van der Waals surface area contributed by atoms with Gasteiger partial charge in [-0.1, -0.05) is 41.9 Å². The molecule has 0 saturated heterocycles. The van der Waals surface area contributed by atoms with E-state index in [2.05, 4.69) is 15.0 Å². The topological polar surface area (TPSA) is 51.2 Å². The lowest BCUT2D eigenvalue weighted by atomic mass is 10.1. The zero-order chi connectivity index (χ0) is 17.8. The van der Waals surface area contributed by atoms with E-state index in [1.54, 1.807) is 30.3 Å². The number of hydrogen-bond donors (Lipinski definition) is 1. The maximum absolute atomic E-state index is 12.5. The van der Waals surface area contributed by atoms with Gasteiger partial charge in [-0.2, -0.15) is 8.78 Å². The van der Waals surface area contributed by atoms with E-state index in [1.165, 1.54) is 18.2 Å². The number of fused-ring (bicyclic) bond motifs is 1. The highest BCUT2D eigenvalue weighted by atomic mass is 35.5. The number of benzene rings is 2. The molecule has 1 aromatic heterocycles. The van der Waals surface area contributed by atoms with Crippen LogP contribution in [0.1, 0.15) is 15.9 Å². The lowest BCUT2D eigenvalue weighted by molar-refractivity contribution is -0.0498. The number of ether oxygens (including phenoxy) is 1. The Bertz CT molecular complexity index is 918. The molecule has 0 aliphatic heterocycles. The molecule has 1 N–H and O–H groups in total. The van der Waals surface area contributed by atoms with Crippen molar-refractivity contribution in [1.29, 1.82) is 0 Å². The summed E-state index contributed by atoms with van der Waals surface area (Å²) in [7, 11) is 0. The van der Waals surface area contributed by atoms with E-state index in [-0.39, 0.29) is 23.4 Å². The molecule has 0 aliphatic carbocycles. The van der Waals surface area contributed by atoms with Crippen molar-refractivity contribution in [1.82, 2.24) is 10.3 Å². The SMILES string of the molecule is O=C(NCc1cccc(OC(F)F)c1)c1cc(Cl)nc2ccccc12. The van der Waals surface area contributed by atoms with Gasteiger partial charge in [-0.3, -0.25) is 4.79 Å². The molecular weight excluding hydrogens is 350 g/mol. The van der Waals surface area contributed by atoms with Crippen molar-refractivity contribution in [3.8, 4) is 5.75 Å². The van der Waals surface area contributed by atoms with Crippen LogP contribution >= 0.6 is 11.6 Å². The van der Waals surface area contributed by atoms with Crippen LogP contribution in [0.15, 0.2) is 54.6 Å². The molecule has 25 heavy (non-hydrogen) atoms. The molecule has 3 aromatic rings. The van der Waals surface area contributed by atoms with E-state index in [0.29, 0.717) is 22.0 Å². The minimum absolute atomic E-state index is 0.0409. The lowest BCUT2D eigenvalue weighted by Crippen LogP contribution is -2.23. The summed E-state index contributed by atoms with van der Waals surface area (Å²) in [5.74, 6) is -0.292. The highest BCUT2D eigenvalue weighted by Crippen LogP contribution is 2.21. The van der Waals surface area contributed by atoms with Crippen LogP contribution in [0.25, 0.3) is 10.9 Å². The van der Waals surface area contributed by atoms with E-state index in [4.69, 9.17) is 11.6 Å². The van der Waals surface area contributed by atoms with Gasteiger partial charge < -0.3 is 10.1 Å². The first-order chi connectivity index (χ1) is 12.0. The number of nitrogens with one attached hydrogen (secondary N) is 1. The van der Waals surface area contributed by atoms with Gasteiger partial charge in [-0.05, 0) is 29.8 Å². The molecule has 0 aliphatic rings. The van der Waals surface area contributed by atoms with Crippen LogP contribution in [0.5, 0.6) is 5.75 Å². The summed E-state index contributed by atoms with van der Waals surface area (Å²) < 4.78 is 28.9. The number of rotatable bonds is 5. The second-order valence-corrected chi connectivity index (χ2v) is 5.61. The fourth-order valence-corrected chi connectivity index (χ4v) is 2.64. The molecule has 0 radical (unpaired) electrons. The number of para-hydroxylation sites is 1. The van der Waals surface area contributed by atoms with Gasteiger partial charge in [-0.25, -0.2) is 4.98 Å². The Labute approximate surface area is 147 Å². The van der Waals surface area contributed by atoms with Gasteiger partial charge in [0.05, 0.1) is 11.1 Å². The maximum atomic E-state index is 12.5. The third-order valence-corrected chi connectivity index (χ3v) is 3.70. The first kappa shape index (κ1) is 17.1. The number of nitrogens with zero attached hydrogens (tertiary/aromatic N) is 1. The molecule has 0 bridgehead atoms. The smallest absolute Gasteiger partial charge is 0.387 e. The van der Waals surface area contributed by atoms with Crippen LogP contribution in [0.4, 0.5) is 8.78 Å². The molecule has 0 spiro atoms. The molecule has 0 atom stereocenters. The van der Waals surface area contributed by atoms with Gasteiger partial charge in [0, 0.05) is 11.9 Å².